The molecule has 146 valence electrons. The molecule has 0 aliphatic carbocycles. The van der Waals surface area contributed by atoms with Gasteiger partial charge >= 0.3 is 5.69 Å². The summed E-state index contributed by atoms with van der Waals surface area (Å²) in [7, 11) is 0. The van der Waals surface area contributed by atoms with Crippen LogP contribution in [0.15, 0.2) is 81.3 Å². The minimum absolute atomic E-state index is 0.0206. The number of para-hydroxylation sites is 1. The summed E-state index contributed by atoms with van der Waals surface area (Å²) in [6, 6.07) is 19.7. The Morgan fingerprint density at radius 1 is 0.967 bits per heavy atom. The fourth-order valence-electron chi connectivity index (χ4n) is 3.55. The van der Waals surface area contributed by atoms with E-state index < -0.39 is 17.1 Å². The molecule has 1 aliphatic rings. The zero-order valence-electron chi connectivity index (χ0n) is 15.5. The second-order valence-corrected chi connectivity index (χ2v) is 7.29. The molecule has 1 aliphatic heterocycles. The van der Waals surface area contributed by atoms with Crippen molar-refractivity contribution >= 4 is 23.4 Å². The molecule has 0 saturated carbocycles. The first-order valence-corrected chi connectivity index (χ1v) is 9.53. The summed E-state index contributed by atoms with van der Waals surface area (Å²) in [4.78, 5) is 31.6. The van der Waals surface area contributed by atoms with Crippen LogP contribution >= 0.6 is 11.6 Å². The summed E-state index contributed by atoms with van der Waals surface area (Å²) in [5.41, 5.74) is 1.80. The van der Waals surface area contributed by atoms with Gasteiger partial charge in [0.15, 0.2) is 0 Å². The van der Waals surface area contributed by atoms with Crippen molar-refractivity contribution in [3.63, 3.8) is 0 Å². The van der Waals surface area contributed by atoms with Crippen LogP contribution in [0.25, 0.3) is 22.9 Å². The first kappa shape index (κ1) is 18.1. The van der Waals surface area contributed by atoms with E-state index in [0.29, 0.717) is 15.9 Å². The van der Waals surface area contributed by atoms with Gasteiger partial charge in [0.1, 0.15) is 5.56 Å². The van der Waals surface area contributed by atoms with Crippen LogP contribution in [0.1, 0.15) is 5.56 Å². The van der Waals surface area contributed by atoms with Crippen molar-refractivity contribution in [1.29, 1.82) is 0 Å². The molecule has 0 amide bonds. The van der Waals surface area contributed by atoms with Gasteiger partial charge in [0.2, 0.25) is 5.88 Å². The number of halogens is 1. The molecule has 1 aromatic heterocycles. The number of hydrogen-bond donors (Lipinski definition) is 2. The van der Waals surface area contributed by atoms with Crippen LogP contribution in [-0.2, 0) is 0 Å². The normalized spacial score (nSPS) is 12.4. The van der Waals surface area contributed by atoms with Crippen molar-refractivity contribution < 1.29 is 5.11 Å². The minimum atomic E-state index is -0.737. The lowest BCUT2D eigenvalue weighted by Gasteiger charge is -2.09. The van der Waals surface area contributed by atoms with Crippen LogP contribution < -0.4 is 21.8 Å². The number of aromatic hydroxyl groups is 1. The van der Waals surface area contributed by atoms with Crippen molar-refractivity contribution in [2.45, 2.75) is 0 Å². The number of aromatic amines is 1. The molecule has 30 heavy (non-hydrogen) atoms. The summed E-state index contributed by atoms with van der Waals surface area (Å²) < 4.78 is 1.03. The summed E-state index contributed by atoms with van der Waals surface area (Å²) >= 11 is 5.90. The standard InChI is InChI=1S/C23H14ClN3O3/c24-14-6-8-15(9-7-14)27-22(29)18(21(28)26-23(27)30)12-13-5-10-20-17(11-13)16-3-1-2-4-19(16)25-20/h1-12,29H,(H,26,28,30). The summed E-state index contributed by atoms with van der Waals surface area (Å²) in [5.74, 6) is -0.448. The van der Waals surface area contributed by atoms with E-state index >= 15 is 0 Å². The van der Waals surface area contributed by atoms with Gasteiger partial charge in [-0.05, 0) is 53.8 Å². The van der Waals surface area contributed by atoms with E-state index in [1.807, 2.05) is 42.5 Å². The number of benzene rings is 3. The van der Waals surface area contributed by atoms with Gasteiger partial charge in [-0.25, -0.2) is 14.4 Å². The third-order valence-electron chi connectivity index (χ3n) is 4.97. The molecule has 0 saturated heterocycles. The molecule has 0 radical (unpaired) electrons. The lowest BCUT2D eigenvalue weighted by atomic mass is 10.0. The molecule has 6 nitrogen and oxygen atoms in total. The molecule has 0 unspecified atom stereocenters. The molecule has 2 N–H and O–H groups in total. The predicted octanol–water partition coefficient (Wildman–Crippen LogP) is 2.65. The third kappa shape index (κ3) is 2.94. The van der Waals surface area contributed by atoms with E-state index in [4.69, 9.17) is 11.6 Å². The third-order valence-corrected chi connectivity index (χ3v) is 5.22. The summed E-state index contributed by atoms with van der Waals surface area (Å²) in [6.45, 7) is 0. The average Bonchev–Trinajstić information content (AvgIpc) is 3.10. The topological polar surface area (TPSA) is 87.5 Å². The maximum absolute atomic E-state index is 12.4. The van der Waals surface area contributed by atoms with Crippen LogP contribution in [-0.4, -0.2) is 14.7 Å². The maximum atomic E-state index is 12.4. The second kappa shape index (κ2) is 6.86. The predicted molar refractivity (Wildman–Crippen MR) is 115 cm³/mol. The number of nitrogens with one attached hydrogen (secondary N) is 1. The van der Waals surface area contributed by atoms with E-state index in [2.05, 4.69) is 9.98 Å². The number of fused-ring (bicyclic) bond motifs is 3. The Morgan fingerprint density at radius 3 is 2.53 bits per heavy atom. The number of hydrogen-bond acceptors (Lipinski definition) is 4. The van der Waals surface area contributed by atoms with E-state index in [9.17, 15) is 14.7 Å². The highest BCUT2D eigenvalue weighted by atomic mass is 35.5. The van der Waals surface area contributed by atoms with Gasteiger partial charge in [-0.3, -0.25) is 9.78 Å². The summed E-state index contributed by atoms with van der Waals surface area (Å²) in [6.07, 6.45) is 1.54. The van der Waals surface area contributed by atoms with E-state index in [1.54, 1.807) is 30.3 Å². The Bertz CT molecular complexity index is 1550. The zero-order chi connectivity index (χ0) is 20.8. The fraction of sp³-hybridized carbons (Fsp3) is 0. The quantitative estimate of drug-likeness (QED) is 0.464. The molecule has 7 heteroatoms. The number of H-pyrrole nitrogens is 1. The first-order chi connectivity index (χ1) is 14.5. The molecular formula is C23H14ClN3O3. The second-order valence-electron chi connectivity index (χ2n) is 6.86. The van der Waals surface area contributed by atoms with Crippen LogP contribution in [0.2, 0.25) is 5.02 Å². The highest BCUT2D eigenvalue weighted by molar-refractivity contribution is 6.30. The van der Waals surface area contributed by atoms with Crippen molar-refractivity contribution in [2.24, 2.45) is 4.99 Å². The zero-order valence-corrected chi connectivity index (χ0v) is 16.2. The van der Waals surface area contributed by atoms with Gasteiger partial charge in [0, 0.05) is 16.1 Å². The number of nitrogens with zero attached hydrogens (tertiary/aromatic N) is 2. The average molecular weight is 416 g/mol. The molecule has 0 bridgehead atoms. The molecule has 4 aromatic rings. The Hall–Kier alpha value is -3.90. The Morgan fingerprint density at radius 2 is 1.73 bits per heavy atom. The lowest BCUT2D eigenvalue weighted by Crippen LogP contribution is -2.30. The smallest absolute Gasteiger partial charge is 0.335 e. The number of rotatable bonds is 2. The van der Waals surface area contributed by atoms with Crippen molar-refractivity contribution in [3.8, 4) is 22.7 Å². The molecule has 5 rings (SSSR count). The van der Waals surface area contributed by atoms with Gasteiger partial charge in [-0.15, -0.1) is 0 Å². The van der Waals surface area contributed by atoms with Crippen LogP contribution in [0.5, 0.6) is 5.88 Å². The van der Waals surface area contributed by atoms with Crippen LogP contribution in [0.4, 0.5) is 5.69 Å². The Balaban J connectivity index is 1.70. The van der Waals surface area contributed by atoms with Gasteiger partial charge in [0.25, 0.3) is 5.56 Å². The van der Waals surface area contributed by atoms with E-state index in [-0.39, 0.29) is 5.56 Å². The van der Waals surface area contributed by atoms with Crippen molar-refractivity contribution in [3.05, 3.63) is 109 Å². The monoisotopic (exact) mass is 415 g/mol. The maximum Gasteiger partial charge on any atom is 0.335 e. The van der Waals surface area contributed by atoms with Crippen molar-refractivity contribution in [2.75, 3.05) is 0 Å². The largest absolute Gasteiger partial charge is 0.494 e. The highest BCUT2D eigenvalue weighted by Crippen LogP contribution is 2.31. The molecular weight excluding hydrogens is 402 g/mol. The molecule has 0 spiro atoms. The van der Waals surface area contributed by atoms with Gasteiger partial charge in [-0.1, -0.05) is 35.9 Å². The molecule has 3 aromatic carbocycles. The lowest BCUT2D eigenvalue weighted by molar-refractivity contribution is 0.429. The highest BCUT2D eigenvalue weighted by Gasteiger charge is 2.15. The molecule has 2 heterocycles. The number of aromatic nitrogens is 2. The molecule has 0 atom stereocenters. The van der Waals surface area contributed by atoms with Gasteiger partial charge in [-0.2, -0.15) is 0 Å². The van der Waals surface area contributed by atoms with Crippen LogP contribution in [0, 0.1) is 0 Å². The molecule has 0 fully saturated rings. The SMILES string of the molecule is O=c1[nH]c(=O)n(-c2ccc(Cl)cc2)c(O)c1C=c1ccc2c(c1)-c1ccccc1N=2. The van der Waals surface area contributed by atoms with E-state index in [1.165, 1.54) is 0 Å². The fourth-order valence-corrected chi connectivity index (χ4v) is 3.68. The van der Waals surface area contributed by atoms with Crippen molar-refractivity contribution in [1.82, 2.24) is 9.55 Å². The first-order valence-electron chi connectivity index (χ1n) is 9.15. The minimum Gasteiger partial charge on any atom is -0.494 e. The summed E-state index contributed by atoms with van der Waals surface area (Å²) in [5, 5.41) is 12.8. The van der Waals surface area contributed by atoms with Crippen LogP contribution in [0.3, 0.4) is 0 Å². The Labute approximate surface area is 174 Å². The van der Waals surface area contributed by atoms with E-state index in [0.717, 1.165) is 26.7 Å². The Kier molecular flexibility index (Phi) is 4.15. The van der Waals surface area contributed by atoms with Gasteiger partial charge in [0.05, 0.1) is 16.7 Å². The van der Waals surface area contributed by atoms with Gasteiger partial charge < -0.3 is 5.11 Å².